The average molecular weight is 799 g/mol. The summed E-state index contributed by atoms with van der Waals surface area (Å²) < 4.78 is 6.78. The Morgan fingerprint density at radius 1 is 0.206 bits per heavy atom. The molecule has 0 saturated heterocycles. The Balaban J connectivity index is 1.27. The molecule has 292 valence electrons. The first kappa shape index (κ1) is 35.5. The molecule has 1 heteroatoms. The van der Waals surface area contributed by atoms with E-state index in [1.165, 1.54) is 92.8 Å². The van der Waals surface area contributed by atoms with Gasteiger partial charge in [-0.2, -0.15) is 0 Å². The van der Waals surface area contributed by atoms with Gasteiger partial charge in [0.2, 0.25) is 0 Å². The van der Waals surface area contributed by atoms with Crippen molar-refractivity contribution in [1.29, 1.82) is 0 Å². The van der Waals surface area contributed by atoms with Gasteiger partial charge in [0, 0.05) is 16.3 Å². The molecule has 0 fully saturated rings. The van der Waals surface area contributed by atoms with Gasteiger partial charge < -0.3 is 4.42 Å². The molecular formula is C62H38O. The minimum absolute atomic E-state index is 0.880. The van der Waals surface area contributed by atoms with Crippen molar-refractivity contribution in [3.8, 4) is 55.6 Å². The van der Waals surface area contributed by atoms with Crippen molar-refractivity contribution < 1.29 is 4.42 Å². The summed E-state index contributed by atoms with van der Waals surface area (Å²) in [7, 11) is 0. The smallest absolute Gasteiger partial charge is 0.136 e. The molecule has 0 unspecified atom stereocenters. The van der Waals surface area contributed by atoms with Crippen molar-refractivity contribution in [2.24, 2.45) is 0 Å². The monoisotopic (exact) mass is 798 g/mol. The molecule has 13 aromatic rings. The Kier molecular flexibility index (Phi) is 7.98. The highest BCUT2D eigenvalue weighted by Crippen LogP contribution is 2.55. The molecule has 12 aromatic carbocycles. The zero-order chi connectivity index (χ0) is 41.4. The van der Waals surface area contributed by atoms with Crippen molar-refractivity contribution in [1.82, 2.24) is 0 Å². The van der Waals surface area contributed by atoms with Gasteiger partial charge in [0.05, 0.1) is 0 Å². The van der Waals surface area contributed by atoms with E-state index in [1.54, 1.807) is 0 Å². The van der Waals surface area contributed by atoms with Crippen LogP contribution < -0.4 is 0 Å². The number of hydrogen-bond donors (Lipinski definition) is 0. The maximum absolute atomic E-state index is 6.78. The third-order valence-electron chi connectivity index (χ3n) is 13.2. The molecule has 0 amide bonds. The molecule has 0 aliphatic heterocycles. The van der Waals surface area contributed by atoms with E-state index in [-0.39, 0.29) is 0 Å². The summed E-state index contributed by atoms with van der Waals surface area (Å²) >= 11 is 0. The van der Waals surface area contributed by atoms with Crippen molar-refractivity contribution in [3.05, 3.63) is 231 Å². The first-order chi connectivity index (χ1) is 31.3. The first-order valence-corrected chi connectivity index (χ1v) is 21.8. The number of furan rings is 1. The fraction of sp³-hybridized carbons (Fsp3) is 0. The molecule has 0 N–H and O–H groups in total. The lowest BCUT2D eigenvalue weighted by Gasteiger charge is -2.25. The van der Waals surface area contributed by atoms with Gasteiger partial charge in [-0.05, 0) is 116 Å². The van der Waals surface area contributed by atoms with Crippen LogP contribution in [0.2, 0.25) is 0 Å². The Labute approximate surface area is 364 Å². The highest BCUT2D eigenvalue weighted by atomic mass is 16.3. The van der Waals surface area contributed by atoms with E-state index in [1.807, 2.05) is 0 Å². The van der Waals surface area contributed by atoms with Crippen LogP contribution in [0.4, 0.5) is 0 Å². The summed E-state index contributed by atoms with van der Waals surface area (Å²) in [5, 5.41) is 14.6. The van der Waals surface area contributed by atoms with Gasteiger partial charge in [-0.1, -0.05) is 218 Å². The van der Waals surface area contributed by atoms with Crippen LogP contribution >= 0.6 is 0 Å². The van der Waals surface area contributed by atoms with Crippen molar-refractivity contribution in [2.75, 3.05) is 0 Å². The third-order valence-corrected chi connectivity index (χ3v) is 13.2. The molecule has 0 atom stereocenters. The molecule has 1 aromatic heterocycles. The molecule has 1 nitrogen and oxygen atoms in total. The van der Waals surface area contributed by atoms with Crippen LogP contribution in [0.1, 0.15) is 0 Å². The minimum atomic E-state index is 0.880. The quantitative estimate of drug-likeness (QED) is 0.125. The van der Waals surface area contributed by atoms with Gasteiger partial charge in [0.25, 0.3) is 0 Å². The van der Waals surface area contributed by atoms with E-state index in [0.29, 0.717) is 0 Å². The van der Waals surface area contributed by atoms with Crippen LogP contribution in [0.5, 0.6) is 0 Å². The van der Waals surface area contributed by atoms with E-state index in [2.05, 4.69) is 231 Å². The molecule has 63 heavy (non-hydrogen) atoms. The maximum atomic E-state index is 6.78. The summed E-state index contributed by atoms with van der Waals surface area (Å²) in [6, 6.07) is 84.4. The molecule has 0 saturated carbocycles. The van der Waals surface area contributed by atoms with Gasteiger partial charge in [0.1, 0.15) is 11.2 Å². The lowest BCUT2D eigenvalue weighted by atomic mass is 9.77. The highest BCUT2D eigenvalue weighted by molar-refractivity contribution is 6.34. The molecular weight excluding hydrogens is 761 g/mol. The molecule has 0 aliphatic carbocycles. The van der Waals surface area contributed by atoms with E-state index in [4.69, 9.17) is 4.42 Å². The normalized spacial score (nSPS) is 11.8. The average Bonchev–Trinajstić information content (AvgIpc) is 3.74. The van der Waals surface area contributed by atoms with Crippen LogP contribution in [0.15, 0.2) is 235 Å². The summed E-state index contributed by atoms with van der Waals surface area (Å²) in [6.07, 6.45) is 0. The number of para-hydroxylation sites is 1. The number of hydrogen-bond acceptors (Lipinski definition) is 1. The van der Waals surface area contributed by atoms with Crippen molar-refractivity contribution >= 4 is 75.8 Å². The van der Waals surface area contributed by atoms with Gasteiger partial charge in [-0.25, -0.2) is 0 Å². The second kappa shape index (κ2) is 14.2. The second-order valence-corrected chi connectivity index (χ2v) is 16.6. The molecule has 13 rings (SSSR count). The summed E-state index contributed by atoms with van der Waals surface area (Å²) in [5.74, 6) is 0. The number of rotatable bonds is 5. The first-order valence-electron chi connectivity index (χ1n) is 21.8. The topological polar surface area (TPSA) is 13.1 Å². The molecule has 0 aliphatic rings. The van der Waals surface area contributed by atoms with Gasteiger partial charge in [-0.15, -0.1) is 0 Å². The van der Waals surface area contributed by atoms with E-state index < -0.39 is 0 Å². The number of benzene rings is 12. The molecule has 0 radical (unpaired) electrons. The van der Waals surface area contributed by atoms with Crippen LogP contribution in [0.3, 0.4) is 0 Å². The fourth-order valence-corrected chi connectivity index (χ4v) is 10.7. The van der Waals surface area contributed by atoms with Crippen LogP contribution in [-0.4, -0.2) is 0 Å². The second-order valence-electron chi connectivity index (χ2n) is 16.6. The van der Waals surface area contributed by atoms with E-state index >= 15 is 0 Å². The Hall–Kier alpha value is -8.26. The predicted molar refractivity (Wildman–Crippen MR) is 268 cm³/mol. The molecule has 0 spiro atoms. The summed E-state index contributed by atoms with van der Waals surface area (Å²) in [6.45, 7) is 0. The third kappa shape index (κ3) is 5.37. The zero-order valence-corrected chi connectivity index (χ0v) is 34.3. The Morgan fingerprint density at radius 2 is 0.603 bits per heavy atom. The summed E-state index contributed by atoms with van der Waals surface area (Å²) in [5.41, 5.74) is 13.7. The fourth-order valence-electron chi connectivity index (χ4n) is 10.7. The Morgan fingerprint density at radius 3 is 1.16 bits per heavy atom. The standard InChI is InChI=1S/C62H38O/c1-4-20-39(21-5-1)42-36-37-51-45-28-11-10-26-43(45)44-27-12-13-29-46(44)57(51)61(42)58-47-30-14-16-32-49(47)59(50-33-17-15-31-48(50)58)62-53(40-22-6-2-7-23-40)38-55-60(52-34-18-19-35-54(52)63-55)56(62)41-24-8-3-9-25-41/h1-38H. The van der Waals surface area contributed by atoms with Gasteiger partial charge in [0.15, 0.2) is 0 Å². The van der Waals surface area contributed by atoms with Gasteiger partial charge in [-0.3, -0.25) is 0 Å². The molecule has 1 heterocycles. The van der Waals surface area contributed by atoms with Crippen LogP contribution in [0.25, 0.3) is 131 Å². The SMILES string of the molecule is c1ccc(-c2cc3oc4ccccc4c3c(-c3ccccc3)c2-c2c3ccccc3c(-c3c(-c4ccccc4)ccc4c5ccccc5c5ccccc5c34)c3ccccc23)cc1. The summed E-state index contributed by atoms with van der Waals surface area (Å²) in [4.78, 5) is 0. The molecule has 0 bridgehead atoms. The lowest BCUT2D eigenvalue weighted by Crippen LogP contribution is -1.97. The van der Waals surface area contributed by atoms with Crippen LogP contribution in [0, 0.1) is 0 Å². The number of fused-ring (bicyclic) bond motifs is 11. The zero-order valence-electron chi connectivity index (χ0n) is 34.3. The highest BCUT2D eigenvalue weighted by Gasteiger charge is 2.28. The predicted octanol–water partition coefficient (Wildman–Crippen LogP) is 17.7. The van der Waals surface area contributed by atoms with Crippen LogP contribution in [-0.2, 0) is 0 Å². The Bertz CT molecular complexity index is 3840. The minimum Gasteiger partial charge on any atom is -0.456 e. The largest absolute Gasteiger partial charge is 0.456 e. The lowest BCUT2D eigenvalue weighted by molar-refractivity contribution is 0.669. The maximum Gasteiger partial charge on any atom is 0.136 e. The van der Waals surface area contributed by atoms with Crippen molar-refractivity contribution in [2.45, 2.75) is 0 Å². The van der Waals surface area contributed by atoms with Gasteiger partial charge >= 0.3 is 0 Å². The van der Waals surface area contributed by atoms with Crippen molar-refractivity contribution in [3.63, 3.8) is 0 Å². The van der Waals surface area contributed by atoms with E-state index in [0.717, 1.165) is 38.6 Å². The van der Waals surface area contributed by atoms with E-state index in [9.17, 15) is 0 Å².